The van der Waals surface area contributed by atoms with Crippen LogP contribution in [-0.2, 0) is 4.79 Å². The second kappa shape index (κ2) is 6.99. The molecule has 0 aliphatic rings. The molecule has 0 amide bonds. The third-order valence-corrected chi connectivity index (χ3v) is 2.18. The predicted molar refractivity (Wildman–Crippen MR) is 72.7 cm³/mol. The molecule has 1 rings (SSSR count). The summed E-state index contributed by atoms with van der Waals surface area (Å²) in [5.74, 6) is -0.596. The summed E-state index contributed by atoms with van der Waals surface area (Å²) in [7, 11) is 4.99. The van der Waals surface area contributed by atoms with Crippen molar-refractivity contribution < 1.29 is 19.4 Å². The Balaban J connectivity index is 3.19. The lowest BCUT2D eigenvalue weighted by atomic mass is 10.1. The molecule has 1 aromatic carbocycles. The van der Waals surface area contributed by atoms with Crippen LogP contribution in [0.25, 0.3) is 0 Å². The number of aliphatic carboxylic acids is 1. The zero-order chi connectivity index (χ0) is 15.1. The van der Waals surface area contributed by atoms with Crippen molar-refractivity contribution >= 4 is 18.0 Å². The largest absolute Gasteiger partial charge is 0.493 e. The standard InChI is InChI=1S/C13H15N3O4/c1-16(2)8-15-10-5-12(20-7-13(17)18)11(19-3)4-9(10)6-14/h4-5,8H,7H2,1-3H3,(H,17,18). The molecule has 106 valence electrons. The summed E-state index contributed by atoms with van der Waals surface area (Å²) in [6.07, 6.45) is 1.53. The monoisotopic (exact) mass is 277 g/mol. The molecular weight excluding hydrogens is 262 g/mol. The summed E-state index contributed by atoms with van der Waals surface area (Å²) in [5, 5.41) is 17.7. The number of nitriles is 1. The molecule has 0 bridgehead atoms. The van der Waals surface area contributed by atoms with E-state index in [1.165, 1.54) is 25.6 Å². The molecule has 0 spiro atoms. The van der Waals surface area contributed by atoms with Crippen LogP contribution in [0.5, 0.6) is 11.5 Å². The Morgan fingerprint density at radius 2 is 2.20 bits per heavy atom. The minimum absolute atomic E-state index is 0.222. The van der Waals surface area contributed by atoms with E-state index in [0.29, 0.717) is 11.3 Å². The molecule has 1 aromatic rings. The molecule has 0 aromatic heterocycles. The molecule has 7 heteroatoms. The number of carbonyl (C=O) groups is 1. The first-order valence-corrected chi connectivity index (χ1v) is 5.65. The average molecular weight is 277 g/mol. The maximum Gasteiger partial charge on any atom is 0.341 e. The number of ether oxygens (including phenoxy) is 2. The number of rotatable bonds is 6. The van der Waals surface area contributed by atoms with Crippen LogP contribution in [0.3, 0.4) is 0 Å². The highest BCUT2D eigenvalue weighted by Crippen LogP contribution is 2.34. The first kappa shape index (κ1) is 15.3. The molecule has 0 unspecified atom stereocenters. The molecule has 7 nitrogen and oxygen atoms in total. The molecule has 0 radical (unpaired) electrons. The molecule has 0 fully saturated rings. The van der Waals surface area contributed by atoms with Gasteiger partial charge in [0, 0.05) is 26.2 Å². The van der Waals surface area contributed by atoms with Crippen molar-refractivity contribution in [1.82, 2.24) is 4.90 Å². The van der Waals surface area contributed by atoms with Gasteiger partial charge in [-0.3, -0.25) is 0 Å². The fraction of sp³-hybridized carbons (Fsp3) is 0.308. The van der Waals surface area contributed by atoms with Crippen molar-refractivity contribution in [3.05, 3.63) is 17.7 Å². The van der Waals surface area contributed by atoms with Gasteiger partial charge in [-0.2, -0.15) is 5.26 Å². The smallest absolute Gasteiger partial charge is 0.341 e. The van der Waals surface area contributed by atoms with E-state index in [1.54, 1.807) is 19.0 Å². The number of methoxy groups -OCH3 is 1. The molecule has 20 heavy (non-hydrogen) atoms. The first-order valence-electron chi connectivity index (χ1n) is 5.65. The van der Waals surface area contributed by atoms with Crippen molar-refractivity contribution in [3.8, 4) is 17.6 Å². The lowest BCUT2D eigenvalue weighted by Gasteiger charge is -2.11. The van der Waals surface area contributed by atoms with Gasteiger partial charge in [0.25, 0.3) is 0 Å². The van der Waals surface area contributed by atoms with Gasteiger partial charge in [-0.25, -0.2) is 9.79 Å². The van der Waals surface area contributed by atoms with Crippen LogP contribution < -0.4 is 9.47 Å². The minimum atomic E-state index is -1.10. The third kappa shape index (κ3) is 4.17. The van der Waals surface area contributed by atoms with Gasteiger partial charge in [-0.05, 0) is 0 Å². The van der Waals surface area contributed by atoms with Gasteiger partial charge in [0.2, 0.25) is 0 Å². The maximum atomic E-state index is 10.5. The summed E-state index contributed by atoms with van der Waals surface area (Å²) in [6, 6.07) is 4.93. The number of aliphatic imine (C=N–C) groups is 1. The summed E-state index contributed by atoms with van der Waals surface area (Å²) < 4.78 is 10.2. The topological polar surface area (TPSA) is 95.1 Å². The van der Waals surface area contributed by atoms with E-state index >= 15 is 0 Å². The predicted octanol–water partition coefficient (Wildman–Crippen LogP) is 1.25. The quantitative estimate of drug-likeness (QED) is 0.621. The fourth-order valence-corrected chi connectivity index (χ4v) is 1.34. The Hall–Kier alpha value is -2.75. The van der Waals surface area contributed by atoms with Crippen LogP contribution in [0.1, 0.15) is 5.56 Å². The van der Waals surface area contributed by atoms with E-state index in [2.05, 4.69) is 4.99 Å². The number of nitrogens with zero attached hydrogens (tertiary/aromatic N) is 3. The van der Waals surface area contributed by atoms with Crippen LogP contribution in [0, 0.1) is 11.3 Å². The van der Waals surface area contributed by atoms with E-state index in [4.69, 9.17) is 19.8 Å². The molecule has 0 aliphatic heterocycles. The minimum Gasteiger partial charge on any atom is -0.493 e. The summed E-state index contributed by atoms with van der Waals surface area (Å²) >= 11 is 0. The lowest BCUT2D eigenvalue weighted by molar-refractivity contribution is -0.139. The lowest BCUT2D eigenvalue weighted by Crippen LogP contribution is -2.10. The second-order valence-electron chi connectivity index (χ2n) is 4.02. The van der Waals surface area contributed by atoms with Crippen LogP contribution in [0.4, 0.5) is 5.69 Å². The first-order chi connectivity index (χ1) is 9.47. The van der Waals surface area contributed by atoms with Gasteiger partial charge in [-0.1, -0.05) is 0 Å². The zero-order valence-electron chi connectivity index (χ0n) is 11.5. The molecule has 0 saturated heterocycles. The van der Waals surface area contributed by atoms with Crippen LogP contribution in [0.2, 0.25) is 0 Å². The molecule has 0 aliphatic carbocycles. The highest BCUT2D eigenvalue weighted by molar-refractivity contribution is 5.70. The van der Waals surface area contributed by atoms with E-state index in [9.17, 15) is 4.79 Å². The van der Waals surface area contributed by atoms with E-state index in [1.807, 2.05) is 6.07 Å². The Labute approximate surface area is 116 Å². The molecular formula is C13H15N3O4. The second-order valence-corrected chi connectivity index (χ2v) is 4.02. The van der Waals surface area contributed by atoms with Gasteiger partial charge in [0.15, 0.2) is 18.1 Å². The van der Waals surface area contributed by atoms with Gasteiger partial charge >= 0.3 is 5.97 Å². The van der Waals surface area contributed by atoms with Crippen LogP contribution in [-0.4, -0.2) is 50.1 Å². The number of hydrogen-bond donors (Lipinski definition) is 1. The fourth-order valence-electron chi connectivity index (χ4n) is 1.34. The Bertz CT molecular complexity index is 561. The zero-order valence-corrected chi connectivity index (χ0v) is 11.5. The van der Waals surface area contributed by atoms with E-state index < -0.39 is 12.6 Å². The molecule has 0 atom stereocenters. The molecule has 0 heterocycles. The SMILES string of the molecule is COc1cc(C#N)c(N=CN(C)C)cc1OCC(=O)O. The third-order valence-electron chi connectivity index (χ3n) is 2.18. The van der Waals surface area contributed by atoms with Crippen molar-refractivity contribution in [2.75, 3.05) is 27.8 Å². The van der Waals surface area contributed by atoms with Crippen molar-refractivity contribution in [1.29, 1.82) is 5.26 Å². The Kier molecular flexibility index (Phi) is 5.35. The normalized spacial score (nSPS) is 10.1. The molecule has 0 saturated carbocycles. The number of carboxylic acids is 1. The van der Waals surface area contributed by atoms with E-state index in [-0.39, 0.29) is 11.5 Å². The van der Waals surface area contributed by atoms with Crippen molar-refractivity contribution in [2.45, 2.75) is 0 Å². The van der Waals surface area contributed by atoms with Gasteiger partial charge in [-0.15, -0.1) is 0 Å². The molecule has 1 N–H and O–H groups in total. The highest BCUT2D eigenvalue weighted by atomic mass is 16.5. The Morgan fingerprint density at radius 1 is 1.50 bits per heavy atom. The summed E-state index contributed by atoms with van der Waals surface area (Å²) in [4.78, 5) is 16.4. The van der Waals surface area contributed by atoms with Crippen molar-refractivity contribution in [2.24, 2.45) is 4.99 Å². The highest BCUT2D eigenvalue weighted by Gasteiger charge is 2.12. The van der Waals surface area contributed by atoms with Crippen LogP contribution >= 0.6 is 0 Å². The summed E-state index contributed by atoms with van der Waals surface area (Å²) in [5.41, 5.74) is 0.685. The van der Waals surface area contributed by atoms with Gasteiger partial charge in [0.05, 0.1) is 24.7 Å². The van der Waals surface area contributed by atoms with E-state index in [0.717, 1.165) is 0 Å². The number of hydrogen-bond acceptors (Lipinski definition) is 5. The average Bonchev–Trinajstić information content (AvgIpc) is 2.42. The maximum absolute atomic E-state index is 10.5. The van der Waals surface area contributed by atoms with Gasteiger partial charge in [0.1, 0.15) is 6.07 Å². The Morgan fingerprint density at radius 3 is 2.70 bits per heavy atom. The van der Waals surface area contributed by atoms with Gasteiger partial charge < -0.3 is 19.5 Å². The van der Waals surface area contributed by atoms with Crippen molar-refractivity contribution in [3.63, 3.8) is 0 Å². The number of benzene rings is 1. The van der Waals surface area contributed by atoms with Crippen LogP contribution in [0.15, 0.2) is 17.1 Å². The summed E-state index contributed by atoms with van der Waals surface area (Å²) in [6.45, 7) is -0.501. The number of carboxylic acid groups (broad SMARTS) is 1.